The normalized spacial score (nSPS) is 10.2. The van der Waals surface area contributed by atoms with Crippen LogP contribution in [0.4, 0.5) is 16.2 Å². The number of hydrogen-bond donors (Lipinski definition) is 2. The Balaban J connectivity index is 1.49. The Labute approximate surface area is 167 Å². The van der Waals surface area contributed by atoms with Crippen LogP contribution in [0, 0.1) is 0 Å². The van der Waals surface area contributed by atoms with Gasteiger partial charge in [-0.15, -0.1) is 11.3 Å². The van der Waals surface area contributed by atoms with Crippen LogP contribution >= 0.6 is 11.3 Å². The summed E-state index contributed by atoms with van der Waals surface area (Å²) in [6.07, 6.45) is 0. The fourth-order valence-corrected chi connectivity index (χ4v) is 3.03. The molecule has 0 fully saturated rings. The second-order valence-electron chi connectivity index (χ2n) is 6.03. The summed E-state index contributed by atoms with van der Waals surface area (Å²) in [4.78, 5) is 26.7. The average Bonchev–Trinajstić information content (AvgIpc) is 3.24. The van der Waals surface area contributed by atoms with Gasteiger partial charge in [-0.2, -0.15) is 0 Å². The van der Waals surface area contributed by atoms with Crippen LogP contribution in [0.15, 0.2) is 72.1 Å². The summed E-state index contributed by atoms with van der Waals surface area (Å²) in [6, 6.07) is 19.8. The van der Waals surface area contributed by atoms with E-state index in [4.69, 9.17) is 4.74 Å². The highest BCUT2D eigenvalue weighted by molar-refractivity contribution is 7.12. The summed E-state index contributed by atoms with van der Waals surface area (Å²) in [7, 11) is 1.70. The number of anilines is 2. The smallest absolute Gasteiger partial charge is 0.321 e. The minimum Gasteiger partial charge on any atom is -0.492 e. The van der Waals surface area contributed by atoms with Gasteiger partial charge in [-0.05, 0) is 41.8 Å². The number of nitrogens with one attached hydrogen (secondary N) is 2. The topological polar surface area (TPSA) is 70.7 Å². The van der Waals surface area contributed by atoms with Crippen LogP contribution in [-0.2, 0) is 0 Å². The number of thiophene rings is 1. The van der Waals surface area contributed by atoms with Crippen molar-refractivity contribution in [2.24, 2.45) is 0 Å². The summed E-state index contributed by atoms with van der Waals surface area (Å²) >= 11 is 1.37. The lowest BCUT2D eigenvalue weighted by atomic mass is 10.2. The zero-order valence-corrected chi connectivity index (χ0v) is 16.2. The number of urea groups is 1. The van der Waals surface area contributed by atoms with Crippen molar-refractivity contribution in [3.63, 3.8) is 0 Å². The maximum atomic E-state index is 12.3. The lowest BCUT2D eigenvalue weighted by molar-refractivity contribution is 0.103. The Morgan fingerprint density at radius 1 is 0.964 bits per heavy atom. The van der Waals surface area contributed by atoms with Gasteiger partial charge in [-0.1, -0.05) is 30.3 Å². The molecule has 6 nitrogen and oxygen atoms in total. The molecule has 0 bridgehead atoms. The van der Waals surface area contributed by atoms with E-state index < -0.39 is 0 Å². The molecule has 3 rings (SSSR count). The zero-order valence-electron chi connectivity index (χ0n) is 15.4. The fraction of sp³-hybridized carbons (Fsp3) is 0.143. The van der Waals surface area contributed by atoms with Gasteiger partial charge in [-0.3, -0.25) is 4.79 Å². The highest BCUT2D eigenvalue weighted by Gasteiger charge is 2.11. The predicted octanol–water partition coefficient (Wildman–Crippen LogP) is 4.54. The molecule has 3 aromatic rings. The Kier molecular flexibility index (Phi) is 6.64. The largest absolute Gasteiger partial charge is 0.492 e. The average molecular weight is 395 g/mol. The molecule has 0 saturated heterocycles. The van der Waals surface area contributed by atoms with E-state index in [9.17, 15) is 9.59 Å². The van der Waals surface area contributed by atoms with Crippen molar-refractivity contribution in [3.05, 3.63) is 77.0 Å². The van der Waals surface area contributed by atoms with Crippen LogP contribution in [-0.4, -0.2) is 37.0 Å². The van der Waals surface area contributed by atoms with Crippen LogP contribution in [0.3, 0.4) is 0 Å². The standard InChI is InChI=1S/C21H21N3O3S/c1-24(12-13-27-18-9-3-2-4-10-18)21(26)23-17-8-5-7-16(15-17)22-20(25)19-11-6-14-28-19/h2-11,14-15H,12-13H2,1H3,(H,22,25)(H,23,26). The molecule has 144 valence electrons. The Bertz CT molecular complexity index is 914. The monoisotopic (exact) mass is 395 g/mol. The number of ether oxygens (including phenoxy) is 1. The van der Waals surface area contributed by atoms with Crippen LogP contribution in [0.1, 0.15) is 9.67 Å². The van der Waals surface area contributed by atoms with E-state index in [0.29, 0.717) is 29.4 Å². The molecule has 3 amide bonds. The Morgan fingerprint density at radius 3 is 2.43 bits per heavy atom. The van der Waals surface area contributed by atoms with Gasteiger partial charge in [-0.25, -0.2) is 4.79 Å². The Hall–Kier alpha value is -3.32. The first-order valence-electron chi connectivity index (χ1n) is 8.77. The first kappa shape index (κ1) is 19.4. The van der Waals surface area contributed by atoms with Crippen molar-refractivity contribution >= 4 is 34.6 Å². The molecule has 0 aliphatic rings. The maximum Gasteiger partial charge on any atom is 0.321 e. The van der Waals surface area contributed by atoms with Crippen molar-refractivity contribution in [1.82, 2.24) is 4.90 Å². The molecule has 0 spiro atoms. The third-order valence-corrected chi connectivity index (χ3v) is 4.77. The van der Waals surface area contributed by atoms with E-state index >= 15 is 0 Å². The van der Waals surface area contributed by atoms with Gasteiger partial charge in [0.1, 0.15) is 12.4 Å². The van der Waals surface area contributed by atoms with Crippen LogP contribution < -0.4 is 15.4 Å². The number of hydrogen-bond acceptors (Lipinski definition) is 4. The molecule has 2 N–H and O–H groups in total. The number of amides is 3. The summed E-state index contributed by atoms with van der Waals surface area (Å²) in [6.45, 7) is 0.834. The van der Waals surface area contributed by atoms with E-state index in [1.807, 2.05) is 41.8 Å². The predicted molar refractivity (Wildman–Crippen MR) is 112 cm³/mol. The highest BCUT2D eigenvalue weighted by atomic mass is 32.1. The fourth-order valence-electron chi connectivity index (χ4n) is 2.41. The quantitative estimate of drug-likeness (QED) is 0.617. The third kappa shape index (κ3) is 5.59. The van der Waals surface area contributed by atoms with Gasteiger partial charge < -0.3 is 20.3 Å². The third-order valence-electron chi connectivity index (χ3n) is 3.90. The van der Waals surface area contributed by atoms with Crippen LogP contribution in [0.25, 0.3) is 0 Å². The van der Waals surface area contributed by atoms with Crippen molar-refractivity contribution in [2.75, 3.05) is 30.8 Å². The molecule has 1 aromatic heterocycles. The number of rotatable bonds is 7. The molecule has 28 heavy (non-hydrogen) atoms. The number of likely N-dealkylation sites (N-methyl/N-ethyl adjacent to an activating group) is 1. The molecule has 0 atom stereocenters. The Morgan fingerprint density at radius 2 is 1.71 bits per heavy atom. The number of para-hydroxylation sites is 1. The van der Waals surface area contributed by atoms with Gasteiger partial charge in [0.05, 0.1) is 11.4 Å². The van der Waals surface area contributed by atoms with Crippen molar-refractivity contribution in [1.29, 1.82) is 0 Å². The lowest BCUT2D eigenvalue weighted by Gasteiger charge is -2.18. The minimum atomic E-state index is -0.251. The van der Waals surface area contributed by atoms with Gasteiger partial charge in [0.15, 0.2) is 0 Å². The molecule has 0 radical (unpaired) electrons. The molecule has 0 aliphatic carbocycles. The molecule has 7 heteroatoms. The van der Waals surface area contributed by atoms with E-state index in [-0.39, 0.29) is 11.9 Å². The summed E-state index contributed by atoms with van der Waals surface area (Å²) < 4.78 is 5.61. The van der Waals surface area contributed by atoms with Crippen molar-refractivity contribution in [2.45, 2.75) is 0 Å². The molecule has 2 aromatic carbocycles. The molecule has 1 heterocycles. The molecular formula is C21H21N3O3S. The summed E-state index contributed by atoms with van der Waals surface area (Å²) in [5, 5.41) is 7.50. The van der Waals surface area contributed by atoms with Gasteiger partial charge >= 0.3 is 6.03 Å². The molecule has 0 aliphatic heterocycles. The van der Waals surface area contributed by atoms with E-state index in [0.717, 1.165) is 5.75 Å². The zero-order chi connectivity index (χ0) is 19.8. The van der Waals surface area contributed by atoms with Gasteiger partial charge in [0.25, 0.3) is 5.91 Å². The maximum absolute atomic E-state index is 12.3. The molecular weight excluding hydrogens is 374 g/mol. The SMILES string of the molecule is CN(CCOc1ccccc1)C(=O)Nc1cccc(NC(=O)c2cccs2)c1. The second-order valence-corrected chi connectivity index (χ2v) is 6.97. The van der Waals surface area contributed by atoms with E-state index in [1.165, 1.54) is 11.3 Å². The number of benzene rings is 2. The van der Waals surface area contributed by atoms with Gasteiger partial charge in [0.2, 0.25) is 0 Å². The first-order chi connectivity index (χ1) is 13.6. The van der Waals surface area contributed by atoms with Gasteiger partial charge in [0, 0.05) is 18.4 Å². The van der Waals surface area contributed by atoms with Crippen LogP contribution in [0.5, 0.6) is 5.75 Å². The van der Waals surface area contributed by atoms with Crippen molar-refractivity contribution in [3.8, 4) is 5.75 Å². The van der Waals surface area contributed by atoms with E-state index in [1.54, 1.807) is 42.3 Å². The second kappa shape index (κ2) is 9.57. The highest BCUT2D eigenvalue weighted by Crippen LogP contribution is 2.18. The number of nitrogens with zero attached hydrogens (tertiary/aromatic N) is 1. The lowest BCUT2D eigenvalue weighted by Crippen LogP contribution is -2.34. The minimum absolute atomic E-state index is 0.173. The summed E-state index contributed by atoms with van der Waals surface area (Å²) in [5.41, 5.74) is 1.22. The number of carbonyl (C=O) groups is 2. The molecule has 0 unspecified atom stereocenters. The van der Waals surface area contributed by atoms with E-state index in [2.05, 4.69) is 10.6 Å². The number of carbonyl (C=O) groups excluding carboxylic acids is 2. The molecule has 0 saturated carbocycles. The van der Waals surface area contributed by atoms with Crippen LogP contribution in [0.2, 0.25) is 0 Å². The summed E-state index contributed by atoms with van der Waals surface area (Å²) in [5.74, 6) is 0.596. The first-order valence-corrected chi connectivity index (χ1v) is 9.64. The van der Waals surface area contributed by atoms with Crippen molar-refractivity contribution < 1.29 is 14.3 Å².